The summed E-state index contributed by atoms with van der Waals surface area (Å²) in [5.41, 5.74) is -0.0619. The molecular formula is C10H17F3N4S. The van der Waals surface area contributed by atoms with E-state index in [2.05, 4.69) is 14.7 Å². The van der Waals surface area contributed by atoms with Gasteiger partial charge >= 0.3 is 6.18 Å². The molecule has 0 saturated heterocycles. The first-order valence-corrected chi connectivity index (χ1v) is 6.17. The highest BCUT2D eigenvalue weighted by Gasteiger charge is 2.36. The molecule has 18 heavy (non-hydrogen) atoms. The van der Waals surface area contributed by atoms with E-state index < -0.39 is 12.0 Å². The molecule has 0 atom stereocenters. The number of aromatic nitrogens is 2. The normalized spacial score (nSPS) is 13.1. The Bertz CT molecular complexity index is 387. The zero-order valence-electron chi connectivity index (χ0n) is 10.8. The van der Waals surface area contributed by atoms with Crippen LogP contribution in [0.3, 0.4) is 0 Å². The Morgan fingerprint density at radius 3 is 2.33 bits per heavy atom. The molecule has 1 aromatic heterocycles. The molecule has 0 fully saturated rings. The second-order valence-electron chi connectivity index (χ2n) is 5.18. The Kier molecular flexibility index (Phi) is 4.55. The maximum Gasteiger partial charge on any atom is 0.452 e. The molecule has 0 aliphatic carbocycles. The third-order valence-electron chi connectivity index (χ3n) is 2.14. The van der Waals surface area contributed by atoms with Gasteiger partial charge in [-0.15, -0.1) is 0 Å². The molecule has 0 spiro atoms. The van der Waals surface area contributed by atoms with Crippen molar-refractivity contribution in [1.82, 2.24) is 14.3 Å². The SMILES string of the molecule is CN(C)CC(C)(C)CNc1nc(C(F)(F)F)ns1. The van der Waals surface area contributed by atoms with Crippen LogP contribution in [-0.4, -0.2) is 41.4 Å². The molecule has 0 radical (unpaired) electrons. The number of nitrogens with one attached hydrogen (secondary N) is 1. The van der Waals surface area contributed by atoms with Crippen molar-refractivity contribution in [3.05, 3.63) is 5.82 Å². The van der Waals surface area contributed by atoms with Crippen molar-refractivity contribution < 1.29 is 13.2 Å². The molecule has 0 aliphatic heterocycles. The summed E-state index contributed by atoms with van der Waals surface area (Å²) in [4.78, 5) is 5.45. The fourth-order valence-corrected chi connectivity index (χ4v) is 2.22. The molecule has 104 valence electrons. The molecule has 0 unspecified atom stereocenters. The average molecular weight is 282 g/mol. The summed E-state index contributed by atoms with van der Waals surface area (Å²) in [6.07, 6.45) is -4.48. The molecule has 1 heterocycles. The zero-order valence-corrected chi connectivity index (χ0v) is 11.6. The number of halogens is 3. The van der Waals surface area contributed by atoms with Gasteiger partial charge in [0.15, 0.2) is 0 Å². The van der Waals surface area contributed by atoms with E-state index in [9.17, 15) is 13.2 Å². The lowest BCUT2D eigenvalue weighted by Crippen LogP contribution is -2.34. The average Bonchev–Trinajstić information content (AvgIpc) is 2.60. The van der Waals surface area contributed by atoms with Gasteiger partial charge in [-0.2, -0.15) is 22.5 Å². The first kappa shape index (κ1) is 15.2. The van der Waals surface area contributed by atoms with Crippen molar-refractivity contribution in [1.29, 1.82) is 0 Å². The van der Waals surface area contributed by atoms with Gasteiger partial charge in [-0.3, -0.25) is 0 Å². The van der Waals surface area contributed by atoms with E-state index >= 15 is 0 Å². The lowest BCUT2D eigenvalue weighted by molar-refractivity contribution is -0.144. The molecule has 0 saturated carbocycles. The first-order valence-electron chi connectivity index (χ1n) is 5.40. The van der Waals surface area contributed by atoms with E-state index in [1.807, 2.05) is 32.8 Å². The Hall–Kier alpha value is -0.890. The van der Waals surface area contributed by atoms with E-state index in [-0.39, 0.29) is 10.5 Å². The van der Waals surface area contributed by atoms with Gasteiger partial charge in [-0.25, -0.2) is 0 Å². The molecule has 0 amide bonds. The van der Waals surface area contributed by atoms with E-state index in [0.717, 1.165) is 18.1 Å². The maximum atomic E-state index is 12.3. The largest absolute Gasteiger partial charge is 0.452 e. The highest BCUT2D eigenvalue weighted by atomic mass is 32.1. The van der Waals surface area contributed by atoms with Crippen LogP contribution in [-0.2, 0) is 6.18 Å². The molecule has 0 aromatic carbocycles. The molecule has 1 N–H and O–H groups in total. The van der Waals surface area contributed by atoms with Gasteiger partial charge in [0, 0.05) is 24.6 Å². The third-order valence-corrected chi connectivity index (χ3v) is 2.81. The standard InChI is InChI=1S/C10H17F3N4S/c1-9(2,6-17(3)4)5-14-8-15-7(16-18-8)10(11,12)13/h5-6H2,1-4H3,(H,14,15,16). The predicted molar refractivity (Wildman–Crippen MR) is 65.7 cm³/mol. The maximum absolute atomic E-state index is 12.3. The highest BCUT2D eigenvalue weighted by Crippen LogP contribution is 2.29. The number of hydrogen-bond acceptors (Lipinski definition) is 5. The van der Waals surface area contributed by atoms with Crippen LogP contribution >= 0.6 is 11.5 Å². The van der Waals surface area contributed by atoms with Crippen LogP contribution in [0.1, 0.15) is 19.7 Å². The topological polar surface area (TPSA) is 41.0 Å². The Morgan fingerprint density at radius 1 is 1.28 bits per heavy atom. The second kappa shape index (κ2) is 5.40. The van der Waals surface area contributed by atoms with Gasteiger partial charge in [0.25, 0.3) is 0 Å². The first-order chi connectivity index (χ1) is 8.10. The minimum Gasteiger partial charge on any atom is -0.360 e. The lowest BCUT2D eigenvalue weighted by Gasteiger charge is -2.28. The van der Waals surface area contributed by atoms with Gasteiger partial charge in [0.1, 0.15) is 0 Å². The number of anilines is 1. The molecule has 4 nitrogen and oxygen atoms in total. The fraction of sp³-hybridized carbons (Fsp3) is 0.800. The van der Waals surface area contributed by atoms with Crippen LogP contribution < -0.4 is 5.32 Å². The predicted octanol–water partition coefficient (Wildman–Crippen LogP) is 2.56. The van der Waals surface area contributed by atoms with Crippen molar-refractivity contribution in [3.8, 4) is 0 Å². The minimum absolute atomic E-state index is 0.0619. The van der Waals surface area contributed by atoms with E-state index in [4.69, 9.17) is 0 Å². The van der Waals surface area contributed by atoms with Crippen molar-refractivity contribution in [2.75, 3.05) is 32.5 Å². The van der Waals surface area contributed by atoms with E-state index in [0.29, 0.717) is 6.54 Å². The summed E-state index contributed by atoms with van der Waals surface area (Å²) in [6, 6.07) is 0. The van der Waals surface area contributed by atoms with Gasteiger partial charge in [-0.1, -0.05) is 13.8 Å². The van der Waals surface area contributed by atoms with Crippen LogP contribution in [0.15, 0.2) is 0 Å². The molecular weight excluding hydrogens is 265 g/mol. The molecule has 1 aromatic rings. The summed E-state index contributed by atoms with van der Waals surface area (Å²) in [7, 11) is 3.91. The highest BCUT2D eigenvalue weighted by molar-refractivity contribution is 7.09. The molecule has 0 bridgehead atoms. The van der Waals surface area contributed by atoms with Crippen molar-refractivity contribution >= 4 is 16.7 Å². The quantitative estimate of drug-likeness (QED) is 0.901. The van der Waals surface area contributed by atoms with Crippen LogP contribution in [0.2, 0.25) is 0 Å². The van der Waals surface area contributed by atoms with E-state index in [1.165, 1.54) is 0 Å². The lowest BCUT2D eigenvalue weighted by atomic mass is 9.93. The summed E-state index contributed by atoms with van der Waals surface area (Å²) in [6.45, 7) is 5.43. The fourth-order valence-electron chi connectivity index (χ4n) is 1.64. The summed E-state index contributed by atoms with van der Waals surface area (Å²) < 4.78 is 40.2. The van der Waals surface area contributed by atoms with Crippen molar-refractivity contribution in [2.45, 2.75) is 20.0 Å². The summed E-state index contributed by atoms with van der Waals surface area (Å²) >= 11 is 0.730. The molecule has 1 rings (SSSR count). The van der Waals surface area contributed by atoms with Gasteiger partial charge in [0.2, 0.25) is 11.0 Å². The summed E-state index contributed by atoms with van der Waals surface area (Å²) in [5, 5.41) is 3.10. The zero-order chi connectivity index (χ0) is 14.0. The van der Waals surface area contributed by atoms with Gasteiger partial charge in [-0.05, 0) is 19.5 Å². The van der Waals surface area contributed by atoms with Crippen LogP contribution in [0.25, 0.3) is 0 Å². The third kappa shape index (κ3) is 4.77. The van der Waals surface area contributed by atoms with Crippen molar-refractivity contribution in [2.24, 2.45) is 5.41 Å². The Labute approximate surface area is 108 Å². The van der Waals surface area contributed by atoms with Crippen molar-refractivity contribution in [3.63, 3.8) is 0 Å². The van der Waals surface area contributed by atoms with Crippen LogP contribution in [0.5, 0.6) is 0 Å². The Balaban J connectivity index is 2.56. The number of nitrogens with zero attached hydrogens (tertiary/aromatic N) is 3. The monoisotopic (exact) mass is 282 g/mol. The number of rotatable bonds is 5. The Morgan fingerprint density at radius 2 is 1.89 bits per heavy atom. The number of alkyl halides is 3. The summed E-state index contributed by atoms with van der Waals surface area (Å²) in [5.74, 6) is -1.08. The van der Waals surface area contributed by atoms with Crippen LogP contribution in [0.4, 0.5) is 18.3 Å². The van der Waals surface area contributed by atoms with Crippen LogP contribution in [0, 0.1) is 5.41 Å². The van der Waals surface area contributed by atoms with E-state index in [1.54, 1.807) is 0 Å². The number of hydrogen-bond donors (Lipinski definition) is 1. The van der Waals surface area contributed by atoms with Gasteiger partial charge in [0.05, 0.1) is 0 Å². The second-order valence-corrected chi connectivity index (χ2v) is 5.93. The minimum atomic E-state index is -4.48. The molecule has 8 heteroatoms. The molecule has 0 aliphatic rings. The smallest absolute Gasteiger partial charge is 0.360 e. The van der Waals surface area contributed by atoms with Gasteiger partial charge < -0.3 is 10.2 Å².